The molecule has 0 amide bonds. The Morgan fingerprint density at radius 2 is 1.87 bits per heavy atom. The summed E-state index contributed by atoms with van der Waals surface area (Å²) in [6.45, 7) is 6.48. The Hall–Kier alpha value is -3.14. The molecule has 0 aliphatic rings. The van der Waals surface area contributed by atoms with Gasteiger partial charge in [0.25, 0.3) is 0 Å². The molecule has 30 heavy (non-hydrogen) atoms. The molecule has 0 saturated heterocycles. The van der Waals surface area contributed by atoms with Gasteiger partial charge in [0.05, 0.1) is 23.4 Å². The van der Waals surface area contributed by atoms with Gasteiger partial charge in [-0.05, 0) is 43.8 Å². The molecular formula is C24H27N3O3. The number of ketones is 1. The Labute approximate surface area is 176 Å². The molecule has 3 aromatic rings. The molecule has 1 aromatic heterocycles. The van der Waals surface area contributed by atoms with Crippen molar-refractivity contribution in [1.29, 1.82) is 0 Å². The van der Waals surface area contributed by atoms with Crippen molar-refractivity contribution in [2.24, 2.45) is 0 Å². The van der Waals surface area contributed by atoms with Gasteiger partial charge in [-0.3, -0.25) is 9.89 Å². The van der Waals surface area contributed by atoms with E-state index in [4.69, 9.17) is 0 Å². The number of rotatable bonds is 8. The van der Waals surface area contributed by atoms with Crippen molar-refractivity contribution in [3.8, 4) is 17.6 Å². The highest BCUT2D eigenvalue weighted by molar-refractivity contribution is 5.96. The van der Waals surface area contributed by atoms with Gasteiger partial charge in [0, 0.05) is 29.5 Å². The van der Waals surface area contributed by atoms with Gasteiger partial charge in [0.15, 0.2) is 5.78 Å². The minimum atomic E-state index is -0.503. The minimum Gasteiger partial charge on any atom is -0.507 e. The Kier molecular flexibility index (Phi) is 7.23. The first-order valence-electron chi connectivity index (χ1n) is 10.2. The number of aromatic hydroxyl groups is 1. The molecule has 6 heteroatoms. The van der Waals surface area contributed by atoms with E-state index in [2.05, 4.69) is 40.8 Å². The number of H-pyrrole nitrogens is 1. The van der Waals surface area contributed by atoms with Crippen LogP contribution in [0.4, 0.5) is 0 Å². The second-order valence-electron chi connectivity index (χ2n) is 7.22. The van der Waals surface area contributed by atoms with Crippen LogP contribution in [0.2, 0.25) is 0 Å². The number of aromatic nitrogens is 2. The largest absolute Gasteiger partial charge is 0.507 e. The molecule has 0 saturated carbocycles. The van der Waals surface area contributed by atoms with E-state index in [0.717, 1.165) is 29.6 Å². The van der Waals surface area contributed by atoms with Gasteiger partial charge < -0.3 is 15.1 Å². The monoisotopic (exact) mass is 405 g/mol. The molecule has 0 bridgehead atoms. The first-order valence-corrected chi connectivity index (χ1v) is 10.2. The molecule has 3 N–H and O–H groups in total. The third-order valence-corrected chi connectivity index (χ3v) is 5.21. The van der Waals surface area contributed by atoms with Gasteiger partial charge >= 0.3 is 0 Å². The van der Waals surface area contributed by atoms with Gasteiger partial charge in [0.1, 0.15) is 5.75 Å². The van der Waals surface area contributed by atoms with E-state index in [1.54, 1.807) is 42.6 Å². The van der Waals surface area contributed by atoms with Crippen molar-refractivity contribution in [2.45, 2.75) is 32.8 Å². The summed E-state index contributed by atoms with van der Waals surface area (Å²) < 4.78 is 0. The van der Waals surface area contributed by atoms with Crippen LogP contribution in [0.5, 0.6) is 5.75 Å². The molecule has 3 rings (SSSR count). The number of carbonyl (C=O) groups is 1. The Morgan fingerprint density at radius 3 is 2.57 bits per heavy atom. The van der Waals surface area contributed by atoms with Gasteiger partial charge in [-0.25, -0.2) is 0 Å². The standard InChI is InChI=1S/C24H27N3O3/c1-3-27(4-2)16-19(28)10-13-23(29)18-8-5-17(6-9-18)7-11-20-21-15-25-26-22(21)12-14-24(20)30/h5-6,8-9,12,14-15,19,28,30H,3-4,10,13,16H2,1-2H3,(H,25,26). The van der Waals surface area contributed by atoms with Crippen LogP contribution in [0.3, 0.4) is 0 Å². The van der Waals surface area contributed by atoms with Crippen molar-refractivity contribution in [3.05, 3.63) is 59.3 Å². The molecule has 156 valence electrons. The molecule has 1 heterocycles. The van der Waals surface area contributed by atoms with Crippen molar-refractivity contribution in [1.82, 2.24) is 15.1 Å². The molecular weight excluding hydrogens is 378 g/mol. The number of hydrogen-bond acceptors (Lipinski definition) is 5. The number of hydrogen-bond donors (Lipinski definition) is 3. The van der Waals surface area contributed by atoms with Crippen LogP contribution in [-0.2, 0) is 0 Å². The van der Waals surface area contributed by atoms with Gasteiger partial charge in [-0.15, -0.1) is 0 Å². The van der Waals surface area contributed by atoms with Crippen molar-refractivity contribution in [2.75, 3.05) is 19.6 Å². The van der Waals surface area contributed by atoms with Gasteiger partial charge in [-0.1, -0.05) is 37.8 Å². The number of benzene rings is 2. The zero-order chi connectivity index (χ0) is 21.5. The van der Waals surface area contributed by atoms with Crippen LogP contribution in [-0.4, -0.2) is 56.8 Å². The summed E-state index contributed by atoms with van der Waals surface area (Å²) in [4.78, 5) is 14.6. The zero-order valence-corrected chi connectivity index (χ0v) is 17.4. The number of phenols is 1. The lowest BCUT2D eigenvalue weighted by Gasteiger charge is -2.21. The van der Waals surface area contributed by atoms with E-state index in [-0.39, 0.29) is 11.5 Å². The maximum atomic E-state index is 12.4. The fourth-order valence-electron chi connectivity index (χ4n) is 3.32. The van der Waals surface area contributed by atoms with Crippen molar-refractivity contribution in [3.63, 3.8) is 0 Å². The number of aromatic amines is 1. The Balaban J connectivity index is 1.63. The van der Waals surface area contributed by atoms with Gasteiger partial charge in [0.2, 0.25) is 0 Å². The fourth-order valence-corrected chi connectivity index (χ4v) is 3.32. The van der Waals surface area contributed by atoms with Crippen molar-refractivity contribution >= 4 is 16.7 Å². The normalized spacial score (nSPS) is 12.0. The van der Waals surface area contributed by atoms with Crippen molar-refractivity contribution < 1.29 is 15.0 Å². The van der Waals surface area contributed by atoms with Crippen LogP contribution >= 0.6 is 0 Å². The lowest BCUT2D eigenvalue weighted by molar-refractivity contribution is 0.0877. The lowest BCUT2D eigenvalue weighted by Crippen LogP contribution is -2.32. The average molecular weight is 405 g/mol. The quantitative estimate of drug-likeness (QED) is 0.395. The maximum absolute atomic E-state index is 12.4. The summed E-state index contributed by atoms with van der Waals surface area (Å²) in [5.41, 5.74) is 2.67. The second kappa shape index (κ2) is 10.1. The number of phenolic OH excluding ortho intramolecular Hbond substituents is 1. The summed E-state index contributed by atoms with van der Waals surface area (Å²) in [6.07, 6.45) is 1.89. The molecule has 0 aliphatic carbocycles. The molecule has 0 radical (unpaired) electrons. The van der Waals surface area contributed by atoms with Gasteiger partial charge in [-0.2, -0.15) is 5.10 Å². The molecule has 1 unspecified atom stereocenters. The minimum absolute atomic E-state index is 0.00826. The molecule has 0 spiro atoms. The van der Waals surface area contributed by atoms with Crippen LogP contribution < -0.4 is 0 Å². The molecule has 0 fully saturated rings. The fraction of sp³-hybridized carbons (Fsp3) is 0.333. The number of carbonyl (C=O) groups excluding carboxylic acids is 1. The number of nitrogens with one attached hydrogen (secondary N) is 1. The average Bonchev–Trinajstić information content (AvgIpc) is 3.24. The summed E-state index contributed by atoms with van der Waals surface area (Å²) in [6, 6.07) is 10.4. The predicted molar refractivity (Wildman–Crippen MR) is 118 cm³/mol. The first-order chi connectivity index (χ1) is 14.5. The van der Waals surface area contributed by atoms with E-state index < -0.39 is 6.10 Å². The number of nitrogens with zero attached hydrogens (tertiary/aromatic N) is 2. The summed E-state index contributed by atoms with van der Waals surface area (Å²) in [7, 11) is 0. The maximum Gasteiger partial charge on any atom is 0.162 e. The number of aliphatic hydroxyl groups excluding tert-OH is 1. The molecule has 2 aromatic carbocycles. The van der Waals surface area contributed by atoms with E-state index in [1.807, 2.05) is 0 Å². The second-order valence-corrected chi connectivity index (χ2v) is 7.22. The predicted octanol–water partition coefficient (Wildman–Crippen LogP) is 3.33. The number of likely N-dealkylation sites (N-methyl/N-ethyl adjacent to an activating group) is 1. The van der Waals surface area contributed by atoms with E-state index in [1.165, 1.54) is 0 Å². The first kappa shape index (κ1) is 21.6. The molecule has 1 atom stereocenters. The van der Waals surface area contributed by atoms with E-state index in [9.17, 15) is 15.0 Å². The van der Waals surface area contributed by atoms with Crippen LogP contribution in [0.1, 0.15) is 48.2 Å². The van der Waals surface area contributed by atoms with E-state index in [0.29, 0.717) is 30.5 Å². The van der Waals surface area contributed by atoms with Crippen LogP contribution in [0.15, 0.2) is 42.6 Å². The Morgan fingerprint density at radius 1 is 1.13 bits per heavy atom. The Bertz CT molecular complexity index is 1060. The van der Waals surface area contributed by atoms with Crippen LogP contribution in [0, 0.1) is 11.8 Å². The highest BCUT2D eigenvalue weighted by Crippen LogP contribution is 2.24. The lowest BCUT2D eigenvalue weighted by atomic mass is 10.0. The number of aliphatic hydroxyl groups is 1. The third-order valence-electron chi connectivity index (χ3n) is 5.21. The highest BCUT2D eigenvalue weighted by Gasteiger charge is 2.13. The summed E-state index contributed by atoms with van der Waals surface area (Å²) in [5.74, 6) is 6.13. The smallest absolute Gasteiger partial charge is 0.162 e. The summed E-state index contributed by atoms with van der Waals surface area (Å²) >= 11 is 0. The third kappa shape index (κ3) is 5.26. The zero-order valence-electron chi connectivity index (χ0n) is 17.4. The molecule has 6 nitrogen and oxygen atoms in total. The summed E-state index contributed by atoms with van der Waals surface area (Å²) in [5, 5.41) is 27.8. The number of fused-ring (bicyclic) bond motifs is 1. The number of Topliss-reactive ketones (excluding diaryl/α,β-unsaturated/α-hetero) is 1. The highest BCUT2D eigenvalue weighted by atomic mass is 16.3. The molecule has 0 aliphatic heterocycles. The SMILES string of the molecule is CCN(CC)CC(O)CCC(=O)c1ccc(C#Cc2c(O)ccc3[nH]ncc23)cc1. The topological polar surface area (TPSA) is 89.5 Å². The van der Waals surface area contributed by atoms with E-state index >= 15 is 0 Å². The van der Waals surface area contributed by atoms with Crippen LogP contribution in [0.25, 0.3) is 10.9 Å².